The Morgan fingerprint density at radius 2 is 1.94 bits per heavy atom. The molecule has 3 heterocycles. The maximum Gasteiger partial charge on any atom is 0.419 e. The fourth-order valence-corrected chi connectivity index (χ4v) is 4.41. The molecule has 3 aromatic rings. The van der Waals surface area contributed by atoms with E-state index >= 15 is 0 Å². The Balaban J connectivity index is 1.63. The number of alkyl halides is 3. The van der Waals surface area contributed by atoms with Crippen LogP contribution in [-0.2, 0) is 13.2 Å². The fraction of sp³-hybridized carbons (Fsp3) is 0.391. The molecular formula is C23H25F4N7O2. The van der Waals surface area contributed by atoms with E-state index in [-0.39, 0.29) is 17.3 Å². The number of carbonyl (C=O) groups excluding carboxylic acids is 2. The van der Waals surface area contributed by atoms with E-state index in [1.807, 2.05) is 19.0 Å². The molecule has 9 nitrogen and oxygen atoms in total. The van der Waals surface area contributed by atoms with Crippen LogP contribution in [0.4, 0.5) is 33.7 Å². The lowest BCUT2D eigenvalue weighted by atomic mass is 10.1. The predicted octanol–water partition coefficient (Wildman–Crippen LogP) is 3.54. The number of aromatic nitrogens is 3. The van der Waals surface area contributed by atoms with Gasteiger partial charge in [0.1, 0.15) is 5.82 Å². The molecule has 1 saturated heterocycles. The van der Waals surface area contributed by atoms with Gasteiger partial charge in [-0.05, 0) is 45.6 Å². The summed E-state index contributed by atoms with van der Waals surface area (Å²) in [7, 11) is 5.69. The molecule has 2 aromatic heterocycles. The zero-order valence-corrected chi connectivity index (χ0v) is 20.1. The van der Waals surface area contributed by atoms with Crippen molar-refractivity contribution in [3.05, 3.63) is 47.0 Å². The molecule has 192 valence electrons. The van der Waals surface area contributed by atoms with Crippen LogP contribution in [0.15, 0.2) is 24.4 Å². The minimum Gasteiger partial charge on any atom is -0.369 e. The molecule has 1 aliphatic heterocycles. The first kappa shape index (κ1) is 25.4. The van der Waals surface area contributed by atoms with Crippen molar-refractivity contribution in [2.45, 2.75) is 25.6 Å². The first-order valence-corrected chi connectivity index (χ1v) is 11.1. The lowest BCUT2D eigenvalue weighted by Crippen LogP contribution is -2.36. The zero-order valence-electron chi connectivity index (χ0n) is 20.1. The van der Waals surface area contributed by atoms with Gasteiger partial charge < -0.3 is 15.1 Å². The number of pyridine rings is 1. The maximum absolute atomic E-state index is 13.5. The molecule has 1 aromatic carbocycles. The predicted molar refractivity (Wildman–Crippen MR) is 125 cm³/mol. The normalized spacial score (nSPS) is 16.1. The Hall–Kier alpha value is -3.74. The van der Waals surface area contributed by atoms with Crippen LogP contribution >= 0.6 is 0 Å². The lowest BCUT2D eigenvalue weighted by Gasteiger charge is -2.24. The lowest BCUT2D eigenvalue weighted by molar-refractivity contribution is -0.139. The summed E-state index contributed by atoms with van der Waals surface area (Å²) in [6, 6.07) is 1.21. The smallest absolute Gasteiger partial charge is 0.369 e. The van der Waals surface area contributed by atoms with Gasteiger partial charge in [-0.15, -0.1) is 0 Å². The monoisotopic (exact) mass is 507 g/mol. The highest BCUT2D eigenvalue weighted by Gasteiger charge is 2.35. The molecule has 36 heavy (non-hydrogen) atoms. The van der Waals surface area contributed by atoms with Gasteiger partial charge >= 0.3 is 12.2 Å². The van der Waals surface area contributed by atoms with Crippen LogP contribution < -0.4 is 15.5 Å². The van der Waals surface area contributed by atoms with Gasteiger partial charge in [0.05, 0.1) is 27.9 Å². The van der Waals surface area contributed by atoms with Crippen molar-refractivity contribution < 1.29 is 27.2 Å². The quantitative estimate of drug-likeness (QED) is 0.525. The molecule has 0 radical (unpaired) electrons. The molecule has 1 unspecified atom stereocenters. The van der Waals surface area contributed by atoms with Crippen molar-refractivity contribution >= 4 is 34.3 Å². The minimum atomic E-state index is -4.94. The molecule has 13 heteroatoms. The number of rotatable bonds is 4. The third kappa shape index (κ3) is 4.83. The zero-order chi connectivity index (χ0) is 26.4. The number of amides is 3. The number of fused-ring (bicyclic) bond motifs is 1. The Kier molecular flexibility index (Phi) is 6.60. The summed E-state index contributed by atoms with van der Waals surface area (Å²) in [5, 5.41) is 9.38. The van der Waals surface area contributed by atoms with Crippen LogP contribution in [0.25, 0.3) is 11.0 Å². The van der Waals surface area contributed by atoms with E-state index in [0.717, 1.165) is 12.5 Å². The molecule has 0 aliphatic carbocycles. The molecule has 0 spiro atoms. The molecule has 4 rings (SSSR count). The molecule has 0 bridgehead atoms. The summed E-state index contributed by atoms with van der Waals surface area (Å²) in [5.74, 6) is -2.26. The van der Waals surface area contributed by atoms with Gasteiger partial charge in [-0.1, -0.05) is 0 Å². The van der Waals surface area contributed by atoms with E-state index in [1.54, 1.807) is 18.7 Å². The van der Waals surface area contributed by atoms with Crippen molar-refractivity contribution in [3.8, 4) is 0 Å². The van der Waals surface area contributed by atoms with Crippen LogP contribution in [0.2, 0.25) is 0 Å². The largest absolute Gasteiger partial charge is 0.419 e. The SMILES string of the molecule is Cc1nn(C)c2ncc(C(=O)NC(=O)Nc3ccc(F)c(C(F)(F)F)c3)c(N3CCC(N(C)C)C3)c12. The number of nitrogens with zero attached hydrogens (tertiary/aromatic N) is 5. The Morgan fingerprint density at radius 3 is 2.58 bits per heavy atom. The second-order valence-corrected chi connectivity index (χ2v) is 8.88. The van der Waals surface area contributed by atoms with Crippen molar-refractivity contribution in [2.24, 2.45) is 7.05 Å². The molecule has 0 saturated carbocycles. The Labute approximate surface area is 204 Å². The number of benzene rings is 1. The molecular weight excluding hydrogens is 482 g/mol. The van der Waals surface area contributed by atoms with E-state index in [4.69, 9.17) is 0 Å². The summed E-state index contributed by atoms with van der Waals surface area (Å²) < 4.78 is 54.1. The number of aryl methyl sites for hydroxylation is 2. The van der Waals surface area contributed by atoms with E-state index in [0.29, 0.717) is 47.6 Å². The number of urea groups is 1. The van der Waals surface area contributed by atoms with Crippen LogP contribution in [0.5, 0.6) is 0 Å². The number of anilines is 2. The van der Waals surface area contributed by atoms with Crippen LogP contribution in [-0.4, -0.2) is 64.8 Å². The molecule has 2 N–H and O–H groups in total. The molecule has 3 amide bonds. The molecule has 1 aliphatic rings. The first-order valence-electron chi connectivity index (χ1n) is 11.1. The minimum absolute atomic E-state index is 0.128. The fourth-order valence-electron chi connectivity index (χ4n) is 4.41. The number of hydrogen-bond acceptors (Lipinski definition) is 6. The third-order valence-corrected chi connectivity index (χ3v) is 6.21. The van der Waals surface area contributed by atoms with Gasteiger partial charge in [0.25, 0.3) is 5.91 Å². The highest BCUT2D eigenvalue weighted by atomic mass is 19.4. The number of carbonyl (C=O) groups is 2. The van der Waals surface area contributed by atoms with Gasteiger partial charge in [-0.3, -0.25) is 14.8 Å². The summed E-state index contributed by atoms with van der Waals surface area (Å²) >= 11 is 0. The second kappa shape index (κ2) is 9.37. The standard InChI is InChI=1S/C23H25F4N7O2/c1-12-18-19(34-8-7-14(11-34)32(2)3)15(10-28-20(18)33(4)31-12)21(35)30-22(36)29-13-5-6-17(24)16(9-13)23(25,26)27/h5-6,9-10,14H,7-8,11H2,1-4H3,(H2,29,30,35,36). The highest BCUT2D eigenvalue weighted by Crippen LogP contribution is 2.35. The summed E-state index contributed by atoms with van der Waals surface area (Å²) in [5.41, 5.74) is 0.0974. The van der Waals surface area contributed by atoms with Gasteiger partial charge in [0.2, 0.25) is 0 Å². The van der Waals surface area contributed by atoms with Crippen LogP contribution in [0.1, 0.15) is 28.0 Å². The summed E-state index contributed by atoms with van der Waals surface area (Å²) in [6.45, 7) is 3.11. The number of nitrogens with one attached hydrogen (secondary N) is 2. The van der Waals surface area contributed by atoms with Gasteiger partial charge in [0.15, 0.2) is 5.65 Å². The van der Waals surface area contributed by atoms with Crippen LogP contribution in [0.3, 0.4) is 0 Å². The summed E-state index contributed by atoms with van der Waals surface area (Å²) in [6.07, 6.45) is -2.72. The van der Waals surface area contributed by atoms with E-state index in [1.165, 1.54) is 6.20 Å². The average Bonchev–Trinajstić information content (AvgIpc) is 3.39. The molecule has 1 atom stereocenters. The maximum atomic E-state index is 13.5. The van der Waals surface area contributed by atoms with Crippen molar-refractivity contribution in [3.63, 3.8) is 0 Å². The third-order valence-electron chi connectivity index (χ3n) is 6.21. The molecule has 1 fully saturated rings. The number of halogens is 4. The van der Waals surface area contributed by atoms with Crippen molar-refractivity contribution in [2.75, 3.05) is 37.4 Å². The van der Waals surface area contributed by atoms with E-state index in [2.05, 4.69) is 25.6 Å². The number of hydrogen-bond donors (Lipinski definition) is 2. The van der Waals surface area contributed by atoms with E-state index in [9.17, 15) is 27.2 Å². The van der Waals surface area contributed by atoms with Gasteiger partial charge in [-0.25, -0.2) is 14.2 Å². The van der Waals surface area contributed by atoms with E-state index < -0.39 is 29.5 Å². The average molecular weight is 507 g/mol. The number of likely N-dealkylation sites (N-methyl/N-ethyl adjacent to an activating group) is 1. The highest BCUT2D eigenvalue weighted by molar-refractivity contribution is 6.13. The summed E-state index contributed by atoms with van der Waals surface area (Å²) in [4.78, 5) is 34.1. The van der Waals surface area contributed by atoms with Gasteiger partial charge in [-0.2, -0.15) is 18.3 Å². The Bertz CT molecular complexity index is 1340. The topological polar surface area (TPSA) is 95.4 Å². The van der Waals surface area contributed by atoms with Crippen molar-refractivity contribution in [1.29, 1.82) is 0 Å². The Morgan fingerprint density at radius 1 is 1.22 bits per heavy atom. The first-order chi connectivity index (χ1) is 16.9. The van der Waals surface area contributed by atoms with Crippen molar-refractivity contribution in [1.82, 2.24) is 25.0 Å². The van der Waals surface area contributed by atoms with Crippen LogP contribution in [0, 0.1) is 12.7 Å². The second-order valence-electron chi connectivity index (χ2n) is 8.88. The van der Waals surface area contributed by atoms with Gasteiger partial charge in [0, 0.05) is 38.1 Å². The number of imide groups is 1.